The van der Waals surface area contributed by atoms with Crippen LogP contribution in [0, 0.1) is 6.92 Å². The number of rotatable bonds is 3. The molecule has 0 aliphatic rings. The van der Waals surface area contributed by atoms with Gasteiger partial charge in [-0.2, -0.15) is 12.8 Å². The van der Waals surface area contributed by atoms with Crippen molar-refractivity contribution in [2.24, 2.45) is 4.40 Å². The molecular weight excluding hydrogens is 226 g/mol. The van der Waals surface area contributed by atoms with Crippen molar-refractivity contribution in [2.75, 3.05) is 0 Å². The number of hydrogen-bond acceptors (Lipinski definition) is 3. The van der Waals surface area contributed by atoms with Gasteiger partial charge < -0.3 is 0 Å². The summed E-state index contributed by atoms with van der Waals surface area (Å²) in [7, 11) is -3.75. The maximum atomic E-state index is 11.7. The summed E-state index contributed by atoms with van der Waals surface area (Å²) in [5.41, 5.74) is 0.951. The zero-order chi connectivity index (χ0) is 12.3. The Morgan fingerprint density at radius 2 is 1.62 bits per heavy atom. The summed E-state index contributed by atoms with van der Waals surface area (Å²) in [5, 5.41) is 0. The minimum absolute atomic E-state index is 0.0134. The molecule has 0 N–H and O–H groups in total. The first kappa shape index (κ1) is 12.6. The van der Waals surface area contributed by atoms with Crippen LogP contribution >= 0.6 is 0 Å². The molecule has 0 atom stereocenters. The molecular formula is C11H13NO3S. The predicted molar refractivity (Wildman–Crippen MR) is 62.2 cm³/mol. The molecule has 0 saturated heterocycles. The smallest absolute Gasteiger partial charge is 0.282 e. The van der Waals surface area contributed by atoms with Crippen LogP contribution in [0.5, 0.6) is 0 Å². The molecule has 0 fully saturated rings. The Kier molecular flexibility index (Phi) is 3.59. The van der Waals surface area contributed by atoms with Crippen LogP contribution in [0.2, 0.25) is 0 Å². The van der Waals surface area contributed by atoms with Crippen LogP contribution in [-0.2, 0) is 14.8 Å². The first-order valence-electron chi connectivity index (χ1n) is 4.72. The normalized spacial score (nSPS) is 12.6. The number of nitrogens with zero attached hydrogens (tertiary/aromatic N) is 1. The molecule has 0 saturated carbocycles. The van der Waals surface area contributed by atoms with E-state index >= 15 is 0 Å². The van der Waals surface area contributed by atoms with Crippen molar-refractivity contribution in [3.63, 3.8) is 0 Å². The van der Waals surface area contributed by atoms with E-state index in [0.717, 1.165) is 5.56 Å². The fourth-order valence-electron chi connectivity index (χ4n) is 1.01. The third-order valence-electron chi connectivity index (χ3n) is 2.09. The van der Waals surface area contributed by atoms with E-state index in [1.807, 2.05) is 6.92 Å². The number of ketones is 1. The molecule has 0 aromatic heterocycles. The first-order valence-corrected chi connectivity index (χ1v) is 6.16. The monoisotopic (exact) mass is 239 g/mol. The molecule has 0 heterocycles. The fourth-order valence-corrected chi connectivity index (χ4v) is 2.08. The number of hydrogen-bond donors (Lipinski definition) is 0. The number of sulfonamides is 1. The third kappa shape index (κ3) is 3.00. The van der Waals surface area contributed by atoms with Gasteiger partial charge in [-0.3, -0.25) is 4.79 Å². The molecule has 5 heteroatoms. The molecule has 4 nitrogen and oxygen atoms in total. The summed E-state index contributed by atoms with van der Waals surface area (Å²) in [6.45, 7) is 4.53. The van der Waals surface area contributed by atoms with Crippen LogP contribution in [0.1, 0.15) is 19.4 Å². The maximum Gasteiger partial charge on any atom is 0.282 e. The summed E-state index contributed by atoms with van der Waals surface area (Å²) >= 11 is 0. The van der Waals surface area contributed by atoms with Gasteiger partial charge in [0.2, 0.25) is 0 Å². The third-order valence-corrected chi connectivity index (χ3v) is 3.47. The Labute approximate surface area is 95.1 Å². The maximum absolute atomic E-state index is 11.7. The SMILES string of the molecule is CC(=O)C(C)=NS(=O)(=O)c1ccc(C)cc1. The van der Waals surface area contributed by atoms with Gasteiger partial charge in [0.1, 0.15) is 0 Å². The number of aryl methyl sites for hydroxylation is 1. The lowest BCUT2D eigenvalue weighted by atomic mass is 10.2. The van der Waals surface area contributed by atoms with E-state index in [0.29, 0.717) is 0 Å². The van der Waals surface area contributed by atoms with Crippen molar-refractivity contribution >= 4 is 21.5 Å². The Morgan fingerprint density at radius 3 is 2.06 bits per heavy atom. The number of carbonyl (C=O) groups is 1. The Morgan fingerprint density at radius 1 is 1.12 bits per heavy atom. The lowest BCUT2D eigenvalue weighted by Crippen LogP contribution is -2.08. The van der Waals surface area contributed by atoms with Crippen LogP contribution < -0.4 is 0 Å². The first-order chi connectivity index (χ1) is 7.33. The van der Waals surface area contributed by atoms with E-state index in [4.69, 9.17) is 0 Å². The molecule has 0 aliphatic heterocycles. The van der Waals surface area contributed by atoms with E-state index in [-0.39, 0.29) is 16.4 Å². The number of benzene rings is 1. The minimum Gasteiger partial charge on any atom is -0.293 e. The molecule has 1 aromatic carbocycles. The van der Waals surface area contributed by atoms with E-state index in [1.54, 1.807) is 12.1 Å². The Hall–Kier alpha value is -1.49. The molecule has 0 radical (unpaired) electrons. The van der Waals surface area contributed by atoms with Gasteiger partial charge in [-0.15, -0.1) is 0 Å². The summed E-state index contributed by atoms with van der Waals surface area (Å²) in [5.74, 6) is -0.351. The van der Waals surface area contributed by atoms with Crippen LogP contribution in [0.15, 0.2) is 33.6 Å². The zero-order valence-corrected chi connectivity index (χ0v) is 10.2. The fraction of sp³-hybridized carbons (Fsp3) is 0.273. The van der Waals surface area contributed by atoms with E-state index in [1.165, 1.54) is 26.0 Å². The second-order valence-corrected chi connectivity index (χ2v) is 5.13. The summed E-state index contributed by atoms with van der Waals surface area (Å²) in [6, 6.07) is 6.32. The summed E-state index contributed by atoms with van der Waals surface area (Å²) in [6.07, 6.45) is 0. The van der Waals surface area contributed by atoms with E-state index < -0.39 is 10.0 Å². The van der Waals surface area contributed by atoms with Gasteiger partial charge in [-0.25, -0.2) is 0 Å². The van der Waals surface area contributed by atoms with Gasteiger partial charge in [0.05, 0.1) is 10.6 Å². The standard InChI is InChI=1S/C11H13NO3S/c1-8-4-6-11(7-5-8)16(14,15)12-9(2)10(3)13/h4-7H,1-3H3. The highest BCUT2D eigenvalue weighted by Gasteiger charge is 2.13. The highest BCUT2D eigenvalue weighted by atomic mass is 32.2. The van der Waals surface area contributed by atoms with Crippen LogP contribution in [-0.4, -0.2) is 19.9 Å². The Bertz CT molecular complexity index is 527. The van der Waals surface area contributed by atoms with Crippen molar-refractivity contribution < 1.29 is 13.2 Å². The predicted octanol–water partition coefficient (Wildman–Crippen LogP) is 1.73. The molecule has 0 unspecified atom stereocenters. The second kappa shape index (κ2) is 4.57. The topological polar surface area (TPSA) is 63.6 Å². The molecule has 0 bridgehead atoms. The average molecular weight is 239 g/mol. The van der Waals surface area contributed by atoms with Crippen molar-refractivity contribution in [1.29, 1.82) is 0 Å². The minimum atomic E-state index is -3.75. The van der Waals surface area contributed by atoms with Crippen molar-refractivity contribution in [3.8, 4) is 0 Å². The van der Waals surface area contributed by atoms with Gasteiger partial charge in [0, 0.05) is 6.92 Å². The number of Topliss-reactive ketones (excluding diaryl/α,β-unsaturated/α-hetero) is 1. The van der Waals surface area contributed by atoms with Crippen molar-refractivity contribution in [3.05, 3.63) is 29.8 Å². The van der Waals surface area contributed by atoms with Gasteiger partial charge >= 0.3 is 0 Å². The molecule has 1 rings (SSSR count). The second-order valence-electron chi connectivity index (χ2n) is 3.52. The van der Waals surface area contributed by atoms with Gasteiger partial charge in [0.15, 0.2) is 5.78 Å². The molecule has 0 aliphatic carbocycles. The van der Waals surface area contributed by atoms with Gasteiger partial charge in [-0.1, -0.05) is 17.7 Å². The zero-order valence-electron chi connectivity index (χ0n) is 9.39. The molecule has 16 heavy (non-hydrogen) atoms. The van der Waals surface area contributed by atoms with Crippen LogP contribution in [0.4, 0.5) is 0 Å². The number of carbonyl (C=O) groups excluding carboxylic acids is 1. The average Bonchev–Trinajstić information content (AvgIpc) is 2.17. The van der Waals surface area contributed by atoms with Crippen molar-refractivity contribution in [1.82, 2.24) is 0 Å². The molecule has 1 aromatic rings. The van der Waals surface area contributed by atoms with Crippen LogP contribution in [0.3, 0.4) is 0 Å². The highest BCUT2D eigenvalue weighted by molar-refractivity contribution is 7.90. The highest BCUT2D eigenvalue weighted by Crippen LogP contribution is 2.13. The summed E-state index contributed by atoms with van der Waals surface area (Å²) < 4.78 is 26.9. The molecule has 0 amide bonds. The lowest BCUT2D eigenvalue weighted by Gasteiger charge is -2.00. The van der Waals surface area contributed by atoms with Crippen LogP contribution in [0.25, 0.3) is 0 Å². The molecule has 0 spiro atoms. The Balaban J connectivity index is 3.18. The lowest BCUT2D eigenvalue weighted by molar-refractivity contribution is -0.111. The van der Waals surface area contributed by atoms with Crippen molar-refractivity contribution in [2.45, 2.75) is 25.7 Å². The summed E-state index contributed by atoms with van der Waals surface area (Å²) in [4.78, 5) is 11.0. The van der Waals surface area contributed by atoms with E-state index in [2.05, 4.69) is 4.40 Å². The quantitative estimate of drug-likeness (QED) is 0.755. The largest absolute Gasteiger partial charge is 0.293 e. The van der Waals surface area contributed by atoms with Gasteiger partial charge in [-0.05, 0) is 26.0 Å². The molecule has 86 valence electrons. The van der Waals surface area contributed by atoms with Gasteiger partial charge in [0.25, 0.3) is 10.0 Å². The van der Waals surface area contributed by atoms with E-state index in [9.17, 15) is 13.2 Å².